The van der Waals surface area contributed by atoms with Gasteiger partial charge >= 0.3 is 0 Å². The van der Waals surface area contributed by atoms with E-state index in [1.54, 1.807) is 13.1 Å². The maximum Gasteiger partial charge on any atom is 0.128 e. The lowest BCUT2D eigenvalue weighted by atomic mass is 10.1. The molecule has 0 radical (unpaired) electrons. The van der Waals surface area contributed by atoms with Crippen LogP contribution in [0, 0.1) is 5.92 Å². The molecule has 1 N–H and O–H groups in total. The lowest BCUT2D eigenvalue weighted by molar-refractivity contribution is 0.199. The van der Waals surface area contributed by atoms with Crippen molar-refractivity contribution < 1.29 is 5.11 Å². The number of hydrogen-bond donors (Lipinski definition) is 1. The minimum atomic E-state index is -0.444. The van der Waals surface area contributed by atoms with E-state index in [0.29, 0.717) is 0 Å². The van der Waals surface area contributed by atoms with Gasteiger partial charge < -0.3 is 14.9 Å². The first kappa shape index (κ1) is 13.3. The molecule has 1 fully saturated rings. The average Bonchev–Trinajstić information content (AvgIpc) is 2.75. The van der Waals surface area contributed by atoms with Crippen LogP contribution in [0.4, 0.5) is 5.82 Å². The van der Waals surface area contributed by atoms with Crippen molar-refractivity contribution in [2.24, 2.45) is 5.92 Å². The standard InChI is InChI=1S/C14H23N3O/c1-11(18)13-4-5-14(15-8-13)17(3)10-12-6-7-16(2)9-12/h4-5,8,11-12,18H,6-7,9-10H2,1-3H3. The Morgan fingerprint density at radius 1 is 1.56 bits per heavy atom. The van der Waals surface area contributed by atoms with Crippen LogP contribution in [-0.2, 0) is 0 Å². The summed E-state index contributed by atoms with van der Waals surface area (Å²) in [6.07, 6.45) is 2.59. The van der Waals surface area contributed by atoms with Crippen LogP contribution in [0.3, 0.4) is 0 Å². The van der Waals surface area contributed by atoms with Crippen molar-refractivity contribution in [3.8, 4) is 0 Å². The maximum absolute atomic E-state index is 9.45. The molecule has 0 aliphatic carbocycles. The summed E-state index contributed by atoms with van der Waals surface area (Å²) >= 11 is 0. The van der Waals surface area contributed by atoms with Crippen LogP contribution in [0.1, 0.15) is 25.0 Å². The van der Waals surface area contributed by atoms with Crippen molar-refractivity contribution in [3.05, 3.63) is 23.9 Å². The zero-order chi connectivity index (χ0) is 13.1. The summed E-state index contributed by atoms with van der Waals surface area (Å²) in [5, 5.41) is 9.45. The molecule has 18 heavy (non-hydrogen) atoms. The molecule has 1 saturated heterocycles. The highest BCUT2D eigenvalue weighted by molar-refractivity contribution is 5.38. The van der Waals surface area contributed by atoms with Gasteiger partial charge in [0.05, 0.1) is 6.10 Å². The molecule has 1 aromatic heterocycles. The Morgan fingerprint density at radius 3 is 2.83 bits per heavy atom. The number of rotatable bonds is 4. The predicted molar refractivity (Wildman–Crippen MR) is 73.7 cm³/mol. The number of aromatic nitrogens is 1. The third kappa shape index (κ3) is 3.21. The number of pyridine rings is 1. The normalized spacial score (nSPS) is 22.1. The molecule has 1 aromatic rings. The Bertz CT molecular complexity index is 377. The van der Waals surface area contributed by atoms with Crippen LogP contribution in [0.15, 0.2) is 18.3 Å². The van der Waals surface area contributed by atoms with E-state index in [1.165, 1.54) is 19.5 Å². The summed E-state index contributed by atoms with van der Waals surface area (Å²) in [5.74, 6) is 1.71. The quantitative estimate of drug-likeness (QED) is 0.878. The molecule has 0 amide bonds. The molecular formula is C14H23N3O. The molecule has 0 saturated carbocycles. The van der Waals surface area contributed by atoms with Gasteiger partial charge in [-0.2, -0.15) is 0 Å². The fourth-order valence-electron chi connectivity index (χ4n) is 2.53. The van der Waals surface area contributed by atoms with Crippen molar-refractivity contribution >= 4 is 5.82 Å². The van der Waals surface area contributed by atoms with E-state index in [-0.39, 0.29) is 0 Å². The van der Waals surface area contributed by atoms with Gasteiger partial charge in [0.25, 0.3) is 0 Å². The van der Waals surface area contributed by atoms with Crippen molar-refractivity contribution in [3.63, 3.8) is 0 Å². The van der Waals surface area contributed by atoms with E-state index in [4.69, 9.17) is 0 Å². The summed E-state index contributed by atoms with van der Waals surface area (Å²) in [5.41, 5.74) is 0.868. The Balaban J connectivity index is 1.94. The second kappa shape index (κ2) is 5.67. The highest BCUT2D eigenvalue weighted by Gasteiger charge is 2.21. The first-order valence-electron chi connectivity index (χ1n) is 6.60. The lowest BCUT2D eigenvalue weighted by Gasteiger charge is -2.22. The van der Waals surface area contributed by atoms with Gasteiger partial charge in [-0.3, -0.25) is 0 Å². The first-order valence-corrected chi connectivity index (χ1v) is 6.60. The lowest BCUT2D eigenvalue weighted by Crippen LogP contribution is -2.27. The number of hydrogen-bond acceptors (Lipinski definition) is 4. The summed E-state index contributed by atoms with van der Waals surface area (Å²) in [6.45, 7) is 5.18. The minimum Gasteiger partial charge on any atom is -0.389 e. The molecule has 100 valence electrons. The highest BCUT2D eigenvalue weighted by Crippen LogP contribution is 2.19. The van der Waals surface area contributed by atoms with E-state index >= 15 is 0 Å². The number of nitrogens with zero attached hydrogens (tertiary/aromatic N) is 3. The van der Waals surface area contributed by atoms with E-state index < -0.39 is 6.10 Å². The molecule has 4 heteroatoms. The van der Waals surface area contributed by atoms with Crippen LogP contribution >= 0.6 is 0 Å². The van der Waals surface area contributed by atoms with Gasteiger partial charge in [-0.1, -0.05) is 6.07 Å². The third-order valence-corrected chi connectivity index (χ3v) is 3.67. The zero-order valence-electron chi connectivity index (χ0n) is 11.5. The van der Waals surface area contributed by atoms with Gasteiger partial charge in [-0.15, -0.1) is 0 Å². The van der Waals surface area contributed by atoms with E-state index in [0.717, 1.165) is 23.8 Å². The predicted octanol–water partition coefficient (Wildman–Crippen LogP) is 1.52. The SMILES string of the molecule is CC(O)c1ccc(N(C)CC2CCN(C)C2)nc1. The first-order chi connectivity index (χ1) is 8.56. The number of aliphatic hydroxyl groups is 1. The Morgan fingerprint density at radius 2 is 2.33 bits per heavy atom. The summed E-state index contributed by atoms with van der Waals surface area (Å²) in [6, 6.07) is 3.94. The van der Waals surface area contributed by atoms with Crippen molar-refractivity contribution in [2.45, 2.75) is 19.4 Å². The summed E-state index contributed by atoms with van der Waals surface area (Å²) in [4.78, 5) is 8.99. The van der Waals surface area contributed by atoms with Gasteiger partial charge in [0, 0.05) is 26.3 Å². The Hall–Kier alpha value is -1.13. The zero-order valence-corrected chi connectivity index (χ0v) is 11.5. The molecule has 4 nitrogen and oxygen atoms in total. The molecule has 1 aliphatic heterocycles. The van der Waals surface area contributed by atoms with Crippen LogP contribution in [0.2, 0.25) is 0 Å². The fraction of sp³-hybridized carbons (Fsp3) is 0.643. The largest absolute Gasteiger partial charge is 0.389 e. The molecule has 2 rings (SSSR count). The number of anilines is 1. The molecule has 0 bridgehead atoms. The Labute approximate surface area is 109 Å². The molecular weight excluding hydrogens is 226 g/mol. The van der Waals surface area contributed by atoms with Crippen molar-refractivity contribution in [1.29, 1.82) is 0 Å². The molecule has 1 aliphatic rings. The monoisotopic (exact) mass is 249 g/mol. The molecule has 2 atom stereocenters. The third-order valence-electron chi connectivity index (χ3n) is 3.67. The fourth-order valence-corrected chi connectivity index (χ4v) is 2.53. The van der Waals surface area contributed by atoms with E-state index in [9.17, 15) is 5.11 Å². The van der Waals surface area contributed by atoms with Crippen LogP contribution in [0.25, 0.3) is 0 Å². The molecule has 2 unspecified atom stereocenters. The molecule has 0 spiro atoms. The van der Waals surface area contributed by atoms with Gasteiger partial charge in [0.15, 0.2) is 0 Å². The highest BCUT2D eigenvalue weighted by atomic mass is 16.3. The van der Waals surface area contributed by atoms with Gasteiger partial charge in [-0.25, -0.2) is 4.98 Å². The second-order valence-electron chi connectivity index (χ2n) is 5.42. The minimum absolute atomic E-state index is 0.444. The smallest absolute Gasteiger partial charge is 0.128 e. The van der Waals surface area contributed by atoms with Crippen LogP contribution < -0.4 is 4.90 Å². The van der Waals surface area contributed by atoms with Gasteiger partial charge in [-0.05, 0) is 44.5 Å². The molecule has 2 heterocycles. The molecule has 0 aromatic carbocycles. The Kier molecular flexibility index (Phi) is 4.19. The second-order valence-corrected chi connectivity index (χ2v) is 5.42. The van der Waals surface area contributed by atoms with E-state index in [1.807, 2.05) is 12.1 Å². The summed E-state index contributed by atoms with van der Waals surface area (Å²) in [7, 11) is 4.26. The van der Waals surface area contributed by atoms with E-state index in [2.05, 4.69) is 28.9 Å². The van der Waals surface area contributed by atoms with Gasteiger partial charge in [0.1, 0.15) is 5.82 Å². The van der Waals surface area contributed by atoms with Crippen molar-refractivity contribution in [2.75, 3.05) is 38.6 Å². The number of likely N-dealkylation sites (tertiary alicyclic amines) is 1. The summed E-state index contributed by atoms with van der Waals surface area (Å²) < 4.78 is 0. The van der Waals surface area contributed by atoms with Gasteiger partial charge in [0.2, 0.25) is 0 Å². The van der Waals surface area contributed by atoms with Crippen LogP contribution in [0.5, 0.6) is 0 Å². The number of aliphatic hydroxyl groups excluding tert-OH is 1. The average molecular weight is 249 g/mol. The topological polar surface area (TPSA) is 39.6 Å². The van der Waals surface area contributed by atoms with Crippen LogP contribution in [-0.4, -0.2) is 48.7 Å². The van der Waals surface area contributed by atoms with Crippen molar-refractivity contribution in [1.82, 2.24) is 9.88 Å². The maximum atomic E-state index is 9.45.